The third kappa shape index (κ3) is 4.82. The first-order chi connectivity index (χ1) is 12.0. The van der Waals surface area contributed by atoms with Crippen molar-refractivity contribution < 1.29 is 19.4 Å². The molecule has 4 N–H and O–H groups in total. The topological polar surface area (TPSA) is 105 Å². The summed E-state index contributed by atoms with van der Waals surface area (Å²) in [6.45, 7) is 4.11. The fraction of sp³-hybridized carbons (Fsp3) is 0.474. The Hall–Kier alpha value is -2.34. The molecular formula is C19H26N2O4. The molecule has 25 heavy (non-hydrogen) atoms. The van der Waals surface area contributed by atoms with Gasteiger partial charge in [-0.3, -0.25) is 9.59 Å². The van der Waals surface area contributed by atoms with Gasteiger partial charge in [-0.2, -0.15) is 0 Å². The van der Waals surface area contributed by atoms with Crippen molar-refractivity contribution in [1.29, 1.82) is 0 Å². The maximum Gasteiger partial charge on any atom is 0.320 e. The number of hydrogen-bond donors (Lipinski definition) is 3. The quantitative estimate of drug-likeness (QED) is 0.477. The Morgan fingerprint density at radius 3 is 2.52 bits per heavy atom. The van der Waals surface area contributed by atoms with Gasteiger partial charge in [0.2, 0.25) is 0 Å². The van der Waals surface area contributed by atoms with Gasteiger partial charge in [0.15, 0.2) is 0 Å². The van der Waals surface area contributed by atoms with E-state index in [1.54, 1.807) is 18.3 Å². The Morgan fingerprint density at radius 2 is 1.92 bits per heavy atom. The molecule has 0 fully saturated rings. The van der Waals surface area contributed by atoms with Crippen LogP contribution >= 0.6 is 0 Å². The number of H-pyrrole nitrogens is 1. The maximum atomic E-state index is 12.4. The average molecular weight is 346 g/mol. The van der Waals surface area contributed by atoms with Crippen molar-refractivity contribution in [3.8, 4) is 5.75 Å². The molecule has 0 aliphatic heterocycles. The summed E-state index contributed by atoms with van der Waals surface area (Å²) in [5.74, 6) is -0.863. The second-order valence-electron chi connectivity index (χ2n) is 6.37. The number of benzene rings is 1. The van der Waals surface area contributed by atoms with Gasteiger partial charge in [-0.25, -0.2) is 0 Å². The zero-order valence-corrected chi connectivity index (χ0v) is 14.7. The van der Waals surface area contributed by atoms with Crippen LogP contribution in [0.2, 0.25) is 0 Å². The SMILES string of the molecule is CCCC(CCC)C(=O)Oc1ccc2[nH]cc(CC(N)C(=O)O)c2c1. The summed E-state index contributed by atoms with van der Waals surface area (Å²) >= 11 is 0. The van der Waals surface area contributed by atoms with Crippen LogP contribution in [0, 0.1) is 5.92 Å². The maximum absolute atomic E-state index is 12.4. The molecule has 2 rings (SSSR count). The Morgan fingerprint density at radius 1 is 1.24 bits per heavy atom. The molecule has 0 saturated heterocycles. The summed E-state index contributed by atoms with van der Waals surface area (Å²) in [6, 6.07) is 4.36. The Balaban J connectivity index is 2.19. The van der Waals surface area contributed by atoms with E-state index in [4.69, 9.17) is 15.6 Å². The van der Waals surface area contributed by atoms with Gasteiger partial charge < -0.3 is 20.6 Å². The fourth-order valence-corrected chi connectivity index (χ4v) is 2.99. The number of hydrogen-bond acceptors (Lipinski definition) is 4. The minimum absolute atomic E-state index is 0.0863. The van der Waals surface area contributed by atoms with E-state index in [0.717, 1.165) is 42.1 Å². The normalized spacial score (nSPS) is 12.5. The molecule has 1 aromatic carbocycles. The van der Waals surface area contributed by atoms with Gasteiger partial charge in [0.05, 0.1) is 5.92 Å². The fourth-order valence-electron chi connectivity index (χ4n) is 2.99. The smallest absolute Gasteiger partial charge is 0.320 e. The first-order valence-electron chi connectivity index (χ1n) is 8.76. The molecule has 0 radical (unpaired) electrons. The van der Waals surface area contributed by atoms with Crippen molar-refractivity contribution in [3.63, 3.8) is 0 Å². The van der Waals surface area contributed by atoms with Crippen LogP contribution in [0.5, 0.6) is 5.75 Å². The number of carboxylic acid groups (broad SMARTS) is 1. The number of aromatic nitrogens is 1. The predicted molar refractivity (Wildman–Crippen MR) is 96.6 cm³/mol. The molecule has 136 valence electrons. The van der Waals surface area contributed by atoms with Crippen LogP contribution in [0.15, 0.2) is 24.4 Å². The van der Waals surface area contributed by atoms with Gasteiger partial charge in [-0.15, -0.1) is 0 Å². The highest BCUT2D eigenvalue weighted by molar-refractivity contribution is 5.86. The Bertz CT molecular complexity index is 732. The van der Waals surface area contributed by atoms with Gasteiger partial charge in [-0.05, 0) is 36.6 Å². The lowest BCUT2D eigenvalue weighted by Crippen LogP contribution is -2.32. The lowest BCUT2D eigenvalue weighted by atomic mass is 9.98. The molecule has 0 spiro atoms. The van der Waals surface area contributed by atoms with Crippen molar-refractivity contribution >= 4 is 22.8 Å². The molecule has 0 saturated carbocycles. The predicted octanol–water partition coefficient (Wildman–Crippen LogP) is 3.24. The van der Waals surface area contributed by atoms with Crippen LogP contribution in [0.4, 0.5) is 0 Å². The van der Waals surface area contributed by atoms with E-state index in [9.17, 15) is 9.59 Å². The highest BCUT2D eigenvalue weighted by Crippen LogP contribution is 2.26. The number of rotatable bonds is 9. The standard InChI is InChI=1S/C19H26N2O4/c1-3-5-12(6-4-2)19(24)25-14-7-8-17-15(10-14)13(11-21-17)9-16(20)18(22)23/h7-8,10-12,16,21H,3-6,9,20H2,1-2H3,(H,22,23). The minimum atomic E-state index is -1.04. The van der Waals surface area contributed by atoms with E-state index in [1.165, 1.54) is 0 Å². The van der Waals surface area contributed by atoms with Gasteiger partial charge >= 0.3 is 11.9 Å². The number of carboxylic acids is 1. The molecule has 0 aliphatic carbocycles. The van der Waals surface area contributed by atoms with Crippen LogP contribution in [-0.2, 0) is 16.0 Å². The molecular weight excluding hydrogens is 320 g/mol. The molecule has 6 nitrogen and oxygen atoms in total. The molecule has 2 aromatic rings. The van der Waals surface area contributed by atoms with Gasteiger partial charge in [0.25, 0.3) is 0 Å². The third-order valence-corrected chi connectivity index (χ3v) is 4.32. The number of aliphatic carboxylic acids is 1. The van der Waals surface area contributed by atoms with Crippen molar-refractivity contribution in [2.45, 2.75) is 52.0 Å². The van der Waals surface area contributed by atoms with Crippen LogP contribution in [0.25, 0.3) is 10.9 Å². The first kappa shape index (κ1) is 19.0. The van der Waals surface area contributed by atoms with Gasteiger partial charge in [0.1, 0.15) is 11.8 Å². The monoisotopic (exact) mass is 346 g/mol. The van der Waals surface area contributed by atoms with Crippen LogP contribution < -0.4 is 10.5 Å². The van der Waals surface area contributed by atoms with Gasteiger partial charge in [0, 0.05) is 23.5 Å². The molecule has 1 heterocycles. The zero-order chi connectivity index (χ0) is 18.4. The van der Waals surface area contributed by atoms with Crippen molar-refractivity contribution in [2.24, 2.45) is 11.7 Å². The van der Waals surface area contributed by atoms with E-state index < -0.39 is 12.0 Å². The number of carbonyl (C=O) groups is 2. The van der Waals surface area contributed by atoms with E-state index in [0.29, 0.717) is 5.75 Å². The number of esters is 1. The Labute approximate surface area is 147 Å². The van der Waals surface area contributed by atoms with E-state index in [-0.39, 0.29) is 18.3 Å². The van der Waals surface area contributed by atoms with Crippen LogP contribution in [0.3, 0.4) is 0 Å². The molecule has 6 heteroatoms. The lowest BCUT2D eigenvalue weighted by Gasteiger charge is -2.14. The molecule has 0 aliphatic rings. The first-order valence-corrected chi connectivity index (χ1v) is 8.76. The molecule has 1 unspecified atom stereocenters. The number of ether oxygens (including phenoxy) is 1. The summed E-state index contributed by atoms with van der Waals surface area (Å²) in [7, 11) is 0. The molecule has 0 bridgehead atoms. The Kier molecular flexibility index (Phi) is 6.58. The second-order valence-corrected chi connectivity index (χ2v) is 6.37. The van der Waals surface area contributed by atoms with E-state index in [1.807, 2.05) is 6.07 Å². The summed E-state index contributed by atoms with van der Waals surface area (Å²) in [6.07, 6.45) is 5.47. The van der Waals surface area contributed by atoms with E-state index in [2.05, 4.69) is 18.8 Å². The average Bonchev–Trinajstić information content (AvgIpc) is 2.97. The summed E-state index contributed by atoms with van der Waals surface area (Å²) in [5, 5.41) is 9.81. The van der Waals surface area contributed by atoms with Crippen LogP contribution in [-0.4, -0.2) is 28.1 Å². The van der Waals surface area contributed by atoms with E-state index >= 15 is 0 Å². The number of nitrogens with two attached hydrogens (primary N) is 1. The highest BCUT2D eigenvalue weighted by Gasteiger charge is 2.20. The zero-order valence-electron chi connectivity index (χ0n) is 14.7. The molecule has 1 atom stereocenters. The van der Waals surface area contributed by atoms with Crippen molar-refractivity contribution in [3.05, 3.63) is 30.0 Å². The molecule has 0 amide bonds. The number of fused-ring (bicyclic) bond motifs is 1. The van der Waals surface area contributed by atoms with Crippen molar-refractivity contribution in [2.75, 3.05) is 0 Å². The number of nitrogens with one attached hydrogen (secondary N) is 1. The summed E-state index contributed by atoms with van der Waals surface area (Å²) < 4.78 is 5.57. The summed E-state index contributed by atoms with van der Waals surface area (Å²) in [5.41, 5.74) is 7.27. The number of carbonyl (C=O) groups excluding carboxylic acids is 1. The van der Waals surface area contributed by atoms with Crippen molar-refractivity contribution in [1.82, 2.24) is 4.98 Å². The third-order valence-electron chi connectivity index (χ3n) is 4.32. The van der Waals surface area contributed by atoms with Gasteiger partial charge in [-0.1, -0.05) is 26.7 Å². The number of aromatic amines is 1. The second kappa shape index (κ2) is 8.67. The lowest BCUT2D eigenvalue weighted by molar-refractivity contribution is -0.140. The summed E-state index contributed by atoms with van der Waals surface area (Å²) in [4.78, 5) is 26.4. The minimum Gasteiger partial charge on any atom is -0.480 e. The largest absolute Gasteiger partial charge is 0.480 e. The molecule has 1 aromatic heterocycles. The highest BCUT2D eigenvalue weighted by atomic mass is 16.5. The van der Waals surface area contributed by atoms with Crippen LogP contribution in [0.1, 0.15) is 45.1 Å².